The van der Waals surface area contributed by atoms with E-state index in [1.54, 1.807) is 18.2 Å². The Morgan fingerprint density at radius 1 is 1.29 bits per heavy atom. The van der Waals surface area contributed by atoms with Crippen LogP contribution in [0.25, 0.3) is 0 Å². The fourth-order valence-electron chi connectivity index (χ4n) is 1.93. The summed E-state index contributed by atoms with van der Waals surface area (Å²) in [6.07, 6.45) is 1.81. The molecule has 1 aromatic carbocycles. The molecule has 0 aromatic heterocycles. The molecule has 0 heterocycles. The van der Waals surface area contributed by atoms with E-state index >= 15 is 0 Å². The van der Waals surface area contributed by atoms with Crippen molar-refractivity contribution in [1.29, 1.82) is 0 Å². The third kappa shape index (κ3) is 5.16. The van der Waals surface area contributed by atoms with Crippen LogP contribution < -0.4 is 4.72 Å². The first kappa shape index (κ1) is 17.7. The van der Waals surface area contributed by atoms with E-state index in [1.165, 1.54) is 0 Å². The molecule has 0 aliphatic heterocycles. The average molecular weight is 309 g/mol. The van der Waals surface area contributed by atoms with E-state index in [0.717, 1.165) is 18.4 Å². The first-order valence-electron chi connectivity index (χ1n) is 7.17. The van der Waals surface area contributed by atoms with Gasteiger partial charge < -0.3 is 5.11 Å². The normalized spacial score (nSPS) is 11.3. The lowest BCUT2D eigenvalue weighted by atomic mass is 10.1. The van der Waals surface area contributed by atoms with E-state index in [2.05, 4.69) is 16.6 Å². The van der Waals surface area contributed by atoms with Crippen LogP contribution in [0, 0.1) is 18.8 Å². The minimum atomic E-state index is -3.58. The van der Waals surface area contributed by atoms with Gasteiger partial charge in [-0.3, -0.25) is 0 Å². The van der Waals surface area contributed by atoms with Crippen molar-refractivity contribution in [3.63, 3.8) is 0 Å². The zero-order chi connectivity index (χ0) is 15.9. The van der Waals surface area contributed by atoms with Gasteiger partial charge >= 0.3 is 0 Å². The number of aliphatic hydroxyl groups is 1. The SMILES string of the molecule is CCC(CC)NS(=O)(=O)c1ccc(C)cc1C#CCCO. The van der Waals surface area contributed by atoms with E-state index in [0.29, 0.717) is 12.0 Å². The molecule has 116 valence electrons. The van der Waals surface area contributed by atoms with E-state index in [-0.39, 0.29) is 17.5 Å². The lowest BCUT2D eigenvalue weighted by Gasteiger charge is -2.16. The molecule has 0 bridgehead atoms. The van der Waals surface area contributed by atoms with Crippen molar-refractivity contribution in [2.45, 2.75) is 51.0 Å². The molecule has 0 aliphatic rings. The Kier molecular flexibility index (Phi) is 6.90. The number of hydrogen-bond donors (Lipinski definition) is 2. The second kappa shape index (κ2) is 8.18. The van der Waals surface area contributed by atoms with Crippen LogP contribution in [0.4, 0.5) is 0 Å². The van der Waals surface area contributed by atoms with Crippen molar-refractivity contribution in [3.05, 3.63) is 29.3 Å². The highest BCUT2D eigenvalue weighted by molar-refractivity contribution is 7.89. The molecule has 5 heteroatoms. The fourth-order valence-corrected chi connectivity index (χ4v) is 3.47. The quantitative estimate of drug-likeness (QED) is 0.792. The number of aliphatic hydroxyl groups excluding tert-OH is 1. The molecule has 0 radical (unpaired) electrons. The van der Waals surface area contributed by atoms with Gasteiger partial charge in [-0.25, -0.2) is 13.1 Å². The van der Waals surface area contributed by atoms with Gasteiger partial charge in [0.15, 0.2) is 0 Å². The van der Waals surface area contributed by atoms with E-state index in [4.69, 9.17) is 5.11 Å². The summed E-state index contributed by atoms with van der Waals surface area (Å²) in [5, 5.41) is 8.78. The first-order valence-corrected chi connectivity index (χ1v) is 8.65. The van der Waals surface area contributed by atoms with Crippen molar-refractivity contribution in [2.24, 2.45) is 0 Å². The molecular formula is C16H23NO3S. The van der Waals surface area contributed by atoms with Crippen LogP contribution in [0.2, 0.25) is 0 Å². The van der Waals surface area contributed by atoms with Gasteiger partial charge in [0.25, 0.3) is 0 Å². The summed E-state index contributed by atoms with van der Waals surface area (Å²) in [7, 11) is -3.58. The maximum absolute atomic E-state index is 12.5. The van der Waals surface area contributed by atoms with Crippen molar-refractivity contribution in [2.75, 3.05) is 6.61 Å². The lowest BCUT2D eigenvalue weighted by Crippen LogP contribution is -2.34. The van der Waals surface area contributed by atoms with Crippen LogP contribution in [0.15, 0.2) is 23.1 Å². The van der Waals surface area contributed by atoms with Crippen molar-refractivity contribution >= 4 is 10.0 Å². The van der Waals surface area contributed by atoms with Gasteiger partial charge in [-0.2, -0.15) is 0 Å². The summed E-state index contributed by atoms with van der Waals surface area (Å²) in [6, 6.07) is 5.03. The fraction of sp³-hybridized carbons (Fsp3) is 0.500. The minimum Gasteiger partial charge on any atom is -0.395 e. The Labute approximate surface area is 127 Å². The highest BCUT2D eigenvalue weighted by atomic mass is 32.2. The van der Waals surface area contributed by atoms with Crippen LogP contribution in [0.5, 0.6) is 0 Å². The van der Waals surface area contributed by atoms with Crippen molar-refractivity contribution in [3.8, 4) is 11.8 Å². The zero-order valence-corrected chi connectivity index (χ0v) is 13.6. The van der Waals surface area contributed by atoms with Gasteiger partial charge in [0.05, 0.1) is 11.5 Å². The number of aryl methyl sites for hydroxylation is 1. The second-order valence-electron chi connectivity index (χ2n) is 4.91. The Morgan fingerprint density at radius 2 is 1.95 bits per heavy atom. The van der Waals surface area contributed by atoms with E-state index in [1.807, 2.05) is 20.8 Å². The molecular weight excluding hydrogens is 286 g/mol. The average Bonchev–Trinajstić information content (AvgIpc) is 2.45. The van der Waals surface area contributed by atoms with Crippen LogP contribution in [0.3, 0.4) is 0 Å². The molecule has 0 spiro atoms. The molecule has 0 fully saturated rings. The smallest absolute Gasteiger partial charge is 0.242 e. The van der Waals surface area contributed by atoms with E-state index < -0.39 is 10.0 Å². The highest BCUT2D eigenvalue weighted by Crippen LogP contribution is 2.18. The van der Waals surface area contributed by atoms with Gasteiger partial charge in [0.1, 0.15) is 0 Å². The number of benzene rings is 1. The molecule has 1 aromatic rings. The van der Waals surface area contributed by atoms with Gasteiger partial charge in [-0.1, -0.05) is 31.8 Å². The Morgan fingerprint density at radius 3 is 2.52 bits per heavy atom. The Balaban J connectivity index is 3.20. The molecule has 0 saturated carbocycles. The van der Waals surface area contributed by atoms with Gasteiger partial charge in [-0.05, 0) is 37.5 Å². The van der Waals surface area contributed by atoms with Gasteiger partial charge in [0, 0.05) is 18.0 Å². The van der Waals surface area contributed by atoms with Gasteiger partial charge in [0.2, 0.25) is 10.0 Å². The summed E-state index contributed by atoms with van der Waals surface area (Å²) < 4.78 is 27.7. The predicted octanol–water partition coefficient (Wildman–Crippen LogP) is 2.20. The largest absolute Gasteiger partial charge is 0.395 e. The molecule has 0 unspecified atom stereocenters. The number of hydrogen-bond acceptors (Lipinski definition) is 3. The third-order valence-electron chi connectivity index (χ3n) is 3.19. The summed E-state index contributed by atoms with van der Waals surface area (Å²) in [5.41, 5.74) is 1.42. The molecule has 0 atom stereocenters. The first-order chi connectivity index (χ1) is 9.94. The van der Waals surface area contributed by atoms with Crippen LogP contribution in [-0.4, -0.2) is 26.2 Å². The highest BCUT2D eigenvalue weighted by Gasteiger charge is 2.20. The molecule has 0 amide bonds. The number of nitrogens with one attached hydrogen (secondary N) is 1. The minimum absolute atomic E-state index is 0.0348. The van der Waals surface area contributed by atoms with E-state index in [9.17, 15) is 8.42 Å². The van der Waals surface area contributed by atoms with Crippen LogP contribution in [-0.2, 0) is 10.0 Å². The zero-order valence-electron chi connectivity index (χ0n) is 12.8. The van der Waals surface area contributed by atoms with Crippen LogP contribution in [0.1, 0.15) is 44.2 Å². The van der Waals surface area contributed by atoms with Crippen LogP contribution >= 0.6 is 0 Å². The predicted molar refractivity (Wildman–Crippen MR) is 84.5 cm³/mol. The summed E-state index contributed by atoms with van der Waals surface area (Å²) in [5.74, 6) is 5.62. The maximum Gasteiger partial charge on any atom is 0.242 e. The number of sulfonamides is 1. The maximum atomic E-state index is 12.5. The number of rotatable bonds is 6. The Hall–Kier alpha value is -1.35. The van der Waals surface area contributed by atoms with Crippen molar-refractivity contribution < 1.29 is 13.5 Å². The monoisotopic (exact) mass is 309 g/mol. The molecule has 1 rings (SSSR count). The Bertz CT molecular complexity index is 623. The second-order valence-corrected chi connectivity index (χ2v) is 6.59. The summed E-state index contributed by atoms with van der Waals surface area (Å²) in [4.78, 5) is 0.199. The molecule has 0 aliphatic carbocycles. The molecule has 4 nitrogen and oxygen atoms in total. The standard InChI is InChI=1S/C16H23NO3S/c1-4-15(5-2)17-21(19,20)16-10-9-13(3)12-14(16)8-6-7-11-18/h9-10,12,15,17-18H,4-5,7,11H2,1-3H3. The molecule has 2 N–H and O–H groups in total. The van der Waals surface area contributed by atoms with Crippen molar-refractivity contribution in [1.82, 2.24) is 4.72 Å². The summed E-state index contributed by atoms with van der Waals surface area (Å²) in [6.45, 7) is 5.76. The summed E-state index contributed by atoms with van der Waals surface area (Å²) >= 11 is 0. The topological polar surface area (TPSA) is 66.4 Å². The molecule has 21 heavy (non-hydrogen) atoms. The van der Waals surface area contributed by atoms with Gasteiger partial charge in [-0.15, -0.1) is 0 Å². The lowest BCUT2D eigenvalue weighted by molar-refractivity contribution is 0.305. The molecule has 0 saturated heterocycles. The third-order valence-corrected chi connectivity index (χ3v) is 4.77.